The Morgan fingerprint density at radius 1 is 1.25 bits per heavy atom. The molecule has 0 saturated carbocycles. The van der Waals surface area contributed by atoms with Gasteiger partial charge in [0, 0.05) is 43.8 Å². The molecule has 0 spiro atoms. The van der Waals surface area contributed by atoms with E-state index in [1.807, 2.05) is 36.2 Å². The van der Waals surface area contributed by atoms with Crippen LogP contribution in [0.2, 0.25) is 0 Å². The van der Waals surface area contributed by atoms with Gasteiger partial charge in [-0.15, -0.1) is 11.3 Å². The molecule has 7 heteroatoms. The lowest BCUT2D eigenvalue weighted by molar-refractivity contribution is 0.134. The summed E-state index contributed by atoms with van der Waals surface area (Å²) in [5.41, 5.74) is 2.12. The first-order valence-corrected chi connectivity index (χ1v) is 9.01. The molecule has 0 atom stereocenters. The van der Waals surface area contributed by atoms with Gasteiger partial charge in [0.1, 0.15) is 5.01 Å². The number of pyridine rings is 1. The second-order valence-corrected chi connectivity index (χ2v) is 7.28. The topological polar surface area (TPSA) is 61.4 Å². The summed E-state index contributed by atoms with van der Waals surface area (Å²) in [5.74, 6) is 0. The van der Waals surface area contributed by atoms with E-state index in [4.69, 9.17) is 0 Å². The Balaban J connectivity index is 1.43. The minimum absolute atomic E-state index is 0.00186. The van der Waals surface area contributed by atoms with E-state index in [-0.39, 0.29) is 6.03 Å². The molecule has 0 radical (unpaired) electrons. The van der Waals surface area contributed by atoms with Crippen LogP contribution in [0.15, 0.2) is 24.4 Å². The second-order valence-electron chi connectivity index (χ2n) is 5.99. The van der Waals surface area contributed by atoms with Crippen LogP contribution in [0, 0.1) is 13.8 Å². The molecule has 0 bridgehead atoms. The maximum absolute atomic E-state index is 12.3. The maximum atomic E-state index is 12.3. The van der Waals surface area contributed by atoms with Crippen LogP contribution in [0.3, 0.4) is 0 Å². The van der Waals surface area contributed by atoms with E-state index < -0.39 is 0 Å². The normalized spacial score (nSPS) is 15.5. The average Bonchev–Trinajstić information content (AvgIpc) is 2.92. The van der Waals surface area contributed by atoms with Crippen molar-refractivity contribution < 1.29 is 4.79 Å². The number of urea groups is 1. The van der Waals surface area contributed by atoms with Gasteiger partial charge in [0.25, 0.3) is 0 Å². The molecule has 3 heterocycles. The van der Waals surface area contributed by atoms with Gasteiger partial charge >= 0.3 is 6.03 Å². The number of nitrogens with zero attached hydrogens (tertiary/aromatic N) is 4. The first-order chi connectivity index (χ1) is 11.6. The van der Waals surface area contributed by atoms with Gasteiger partial charge in [-0.25, -0.2) is 9.78 Å². The average molecular weight is 345 g/mol. The lowest BCUT2D eigenvalue weighted by Gasteiger charge is -2.34. The van der Waals surface area contributed by atoms with Crippen molar-refractivity contribution >= 4 is 17.4 Å². The van der Waals surface area contributed by atoms with Crippen LogP contribution in [0.4, 0.5) is 4.79 Å². The molecule has 0 unspecified atom stereocenters. The molecule has 128 valence electrons. The number of thiazole rings is 1. The smallest absolute Gasteiger partial charge is 0.317 e. The summed E-state index contributed by atoms with van der Waals surface area (Å²) in [6.07, 6.45) is 1.82. The van der Waals surface area contributed by atoms with E-state index >= 15 is 0 Å². The first-order valence-electron chi connectivity index (χ1n) is 8.20. The molecule has 24 heavy (non-hydrogen) atoms. The Kier molecular flexibility index (Phi) is 5.42. The van der Waals surface area contributed by atoms with Crippen molar-refractivity contribution in [2.45, 2.75) is 26.9 Å². The minimum Gasteiger partial charge on any atom is -0.331 e. The molecule has 0 aliphatic carbocycles. The Morgan fingerprint density at radius 3 is 2.67 bits per heavy atom. The van der Waals surface area contributed by atoms with Crippen LogP contribution in [-0.4, -0.2) is 52.0 Å². The van der Waals surface area contributed by atoms with Crippen molar-refractivity contribution in [1.82, 2.24) is 25.1 Å². The molecular weight excluding hydrogens is 322 g/mol. The van der Waals surface area contributed by atoms with Crippen molar-refractivity contribution in [2.24, 2.45) is 0 Å². The fraction of sp³-hybridized carbons (Fsp3) is 0.471. The fourth-order valence-corrected chi connectivity index (χ4v) is 3.58. The Bertz CT molecular complexity index is 660. The Hall–Kier alpha value is -1.99. The molecule has 1 aliphatic heterocycles. The van der Waals surface area contributed by atoms with E-state index in [0.717, 1.165) is 49.1 Å². The van der Waals surface area contributed by atoms with E-state index in [0.29, 0.717) is 6.54 Å². The zero-order valence-corrected chi connectivity index (χ0v) is 15.0. The third kappa shape index (κ3) is 4.30. The molecule has 1 fully saturated rings. The number of rotatable bonds is 4. The summed E-state index contributed by atoms with van der Waals surface area (Å²) in [4.78, 5) is 26.5. The van der Waals surface area contributed by atoms with Gasteiger partial charge < -0.3 is 10.2 Å². The van der Waals surface area contributed by atoms with Crippen LogP contribution in [0.1, 0.15) is 21.3 Å². The standard InChI is InChI=1S/C17H23N5OS/c1-13-14(2)24-16(20-13)11-19-17(23)22-9-7-21(8-10-22)12-15-5-3-4-6-18-15/h3-6H,7-12H2,1-2H3,(H,19,23). The fourth-order valence-electron chi connectivity index (χ4n) is 2.71. The number of piperazine rings is 1. The Labute approximate surface area is 146 Å². The number of aromatic nitrogens is 2. The van der Waals surface area contributed by atoms with Crippen molar-refractivity contribution in [3.63, 3.8) is 0 Å². The maximum Gasteiger partial charge on any atom is 0.317 e. The molecular formula is C17H23N5OS. The van der Waals surface area contributed by atoms with Gasteiger partial charge in [-0.1, -0.05) is 6.07 Å². The van der Waals surface area contributed by atoms with E-state index in [2.05, 4.69) is 27.1 Å². The molecule has 1 saturated heterocycles. The zero-order valence-electron chi connectivity index (χ0n) is 14.2. The minimum atomic E-state index is -0.00186. The number of hydrogen-bond donors (Lipinski definition) is 1. The lowest BCUT2D eigenvalue weighted by Crippen LogP contribution is -2.51. The van der Waals surface area contributed by atoms with Gasteiger partial charge in [-0.05, 0) is 26.0 Å². The van der Waals surface area contributed by atoms with Gasteiger partial charge in [0.05, 0.1) is 17.9 Å². The number of carbonyl (C=O) groups is 1. The summed E-state index contributed by atoms with van der Waals surface area (Å²) in [5, 5.41) is 3.94. The molecule has 2 aromatic rings. The first kappa shape index (κ1) is 16.9. The quantitative estimate of drug-likeness (QED) is 0.923. The van der Waals surface area contributed by atoms with Crippen LogP contribution in [0.5, 0.6) is 0 Å². The summed E-state index contributed by atoms with van der Waals surface area (Å²) in [6, 6.07) is 5.97. The van der Waals surface area contributed by atoms with Gasteiger partial charge in [-0.2, -0.15) is 0 Å². The highest BCUT2D eigenvalue weighted by Gasteiger charge is 2.21. The predicted molar refractivity (Wildman–Crippen MR) is 94.9 cm³/mol. The van der Waals surface area contributed by atoms with Gasteiger partial charge in [0.15, 0.2) is 0 Å². The summed E-state index contributed by atoms with van der Waals surface area (Å²) in [7, 11) is 0. The molecule has 1 N–H and O–H groups in total. The van der Waals surface area contributed by atoms with Crippen molar-refractivity contribution in [1.29, 1.82) is 0 Å². The highest BCUT2D eigenvalue weighted by Crippen LogP contribution is 2.16. The number of amides is 2. The number of hydrogen-bond acceptors (Lipinski definition) is 5. The molecule has 3 rings (SSSR count). The highest BCUT2D eigenvalue weighted by molar-refractivity contribution is 7.11. The molecule has 6 nitrogen and oxygen atoms in total. The van der Waals surface area contributed by atoms with Crippen LogP contribution in [-0.2, 0) is 13.1 Å². The van der Waals surface area contributed by atoms with Crippen molar-refractivity contribution in [2.75, 3.05) is 26.2 Å². The van der Waals surface area contributed by atoms with Crippen LogP contribution >= 0.6 is 11.3 Å². The predicted octanol–water partition coefficient (Wildman–Crippen LogP) is 2.18. The second kappa shape index (κ2) is 7.72. The molecule has 1 aliphatic rings. The highest BCUT2D eigenvalue weighted by atomic mass is 32.1. The largest absolute Gasteiger partial charge is 0.331 e. The number of aryl methyl sites for hydroxylation is 2. The summed E-state index contributed by atoms with van der Waals surface area (Å²) >= 11 is 1.65. The number of carbonyl (C=O) groups excluding carboxylic acids is 1. The van der Waals surface area contributed by atoms with Crippen LogP contribution < -0.4 is 5.32 Å². The summed E-state index contributed by atoms with van der Waals surface area (Å²) < 4.78 is 0. The zero-order chi connectivity index (χ0) is 16.9. The monoisotopic (exact) mass is 345 g/mol. The molecule has 2 amide bonds. The molecule has 0 aromatic carbocycles. The third-order valence-electron chi connectivity index (χ3n) is 4.23. The van der Waals surface area contributed by atoms with E-state index in [1.165, 1.54) is 4.88 Å². The number of nitrogens with one attached hydrogen (secondary N) is 1. The molecule has 2 aromatic heterocycles. The third-order valence-corrected chi connectivity index (χ3v) is 5.31. The van der Waals surface area contributed by atoms with Crippen molar-refractivity contribution in [3.8, 4) is 0 Å². The lowest BCUT2D eigenvalue weighted by atomic mass is 10.3. The SMILES string of the molecule is Cc1nc(CNC(=O)N2CCN(Cc3ccccn3)CC2)sc1C. The summed E-state index contributed by atoms with van der Waals surface area (Å²) in [6.45, 7) is 8.64. The Morgan fingerprint density at radius 2 is 2.04 bits per heavy atom. The van der Waals surface area contributed by atoms with E-state index in [9.17, 15) is 4.79 Å². The van der Waals surface area contributed by atoms with Crippen LogP contribution in [0.25, 0.3) is 0 Å². The van der Waals surface area contributed by atoms with Gasteiger partial charge in [-0.3, -0.25) is 9.88 Å². The van der Waals surface area contributed by atoms with Gasteiger partial charge in [0.2, 0.25) is 0 Å². The van der Waals surface area contributed by atoms with Crippen molar-refractivity contribution in [3.05, 3.63) is 45.7 Å². The van der Waals surface area contributed by atoms with E-state index in [1.54, 1.807) is 11.3 Å².